The highest BCUT2D eigenvalue weighted by Gasteiger charge is 2.20. The maximum Gasteiger partial charge on any atom is 0.282 e. The standard InChI is InChI=1S/C18H11FN2O2/c19-14-6-2-1-5-12(14)9-10-13-11-17-18(21-20-13)23-16-8-4-3-7-15(16)22-17/h1-11H. The van der Waals surface area contributed by atoms with E-state index in [9.17, 15) is 4.39 Å². The number of rotatable bonds is 2. The third-order valence-electron chi connectivity index (χ3n) is 3.36. The van der Waals surface area contributed by atoms with Crippen LogP contribution in [0.15, 0.2) is 54.6 Å². The molecule has 0 saturated heterocycles. The van der Waals surface area contributed by atoms with E-state index in [0.717, 1.165) is 0 Å². The molecule has 112 valence electrons. The van der Waals surface area contributed by atoms with Gasteiger partial charge < -0.3 is 9.47 Å². The third kappa shape index (κ3) is 2.64. The van der Waals surface area contributed by atoms with Gasteiger partial charge in [0, 0.05) is 11.6 Å². The van der Waals surface area contributed by atoms with Crippen LogP contribution in [0.5, 0.6) is 23.1 Å². The first-order valence-electron chi connectivity index (χ1n) is 7.05. The molecule has 4 nitrogen and oxygen atoms in total. The average Bonchev–Trinajstić information content (AvgIpc) is 2.59. The van der Waals surface area contributed by atoms with Gasteiger partial charge in [-0.2, -0.15) is 0 Å². The lowest BCUT2D eigenvalue weighted by Crippen LogP contribution is -2.02. The molecule has 1 aliphatic rings. The van der Waals surface area contributed by atoms with Crippen molar-refractivity contribution in [2.24, 2.45) is 0 Å². The summed E-state index contributed by atoms with van der Waals surface area (Å²) in [5.41, 5.74) is 1.03. The van der Waals surface area contributed by atoms with Crippen molar-refractivity contribution in [1.82, 2.24) is 10.2 Å². The molecule has 0 radical (unpaired) electrons. The van der Waals surface area contributed by atoms with E-state index in [1.54, 1.807) is 42.5 Å². The zero-order valence-corrected chi connectivity index (χ0v) is 11.9. The summed E-state index contributed by atoms with van der Waals surface area (Å²) in [6.45, 7) is 0. The molecule has 0 saturated carbocycles. The normalized spacial score (nSPS) is 12.2. The van der Waals surface area contributed by atoms with E-state index in [0.29, 0.717) is 34.4 Å². The Labute approximate surface area is 131 Å². The Morgan fingerprint density at radius 3 is 2.35 bits per heavy atom. The van der Waals surface area contributed by atoms with Crippen molar-refractivity contribution in [1.29, 1.82) is 0 Å². The van der Waals surface area contributed by atoms with Crippen LogP contribution < -0.4 is 9.47 Å². The van der Waals surface area contributed by atoms with Crippen LogP contribution in [0.2, 0.25) is 0 Å². The number of halogens is 1. The SMILES string of the molecule is Fc1ccccc1C=Cc1cc2c(nn1)Oc1ccccc1O2. The van der Waals surface area contributed by atoms with Crippen LogP contribution >= 0.6 is 0 Å². The van der Waals surface area contributed by atoms with Gasteiger partial charge in [0.25, 0.3) is 5.88 Å². The molecule has 5 heteroatoms. The second kappa shape index (κ2) is 5.53. The molecule has 0 atom stereocenters. The average molecular weight is 306 g/mol. The van der Waals surface area contributed by atoms with Crippen LogP contribution in [0, 0.1) is 5.82 Å². The monoisotopic (exact) mass is 306 g/mol. The molecule has 0 N–H and O–H groups in total. The zero-order chi connectivity index (χ0) is 15.6. The minimum Gasteiger partial charge on any atom is -0.448 e. The molecular weight excluding hydrogens is 295 g/mol. The number of para-hydroxylation sites is 2. The minimum absolute atomic E-state index is 0.289. The summed E-state index contributed by atoms with van der Waals surface area (Å²) < 4.78 is 25.0. The van der Waals surface area contributed by atoms with Crippen molar-refractivity contribution in [3.8, 4) is 23.1 Å². The van der Waals surface area contributed by atoms with Crippen molar-refractivity contribution >= 4 is 12.2 Å². The lowest BCUT2D eigenvalue weighted by molar-refractivity contribution is 0.343. The van der Waals surface area contributed by atoms with Crippen molar-refractivity contribution in [3.63, 3.8) is 0 Å². The summed E-state index contributed by atoms with van der Waals surface area (Å²) in [6.07, 6.45) is 3.32. The zero-order valence-electron chi connectivity index (χ0n) is 11.9. The molecule has 23 heavy (non-hydrogen) atoms. The van der Waals surface area contributed by atoms with Gasteiger partial charge in [-0.1, -0.05) is 30.3 Å². The molecule has 1 aromatic heterocycles. The first kappa shape index (κ1) is 13.5. The highest BCUT2D eigenvalue weighted by molar-refractivity contribution is 5.69. The number of aromatic nitrogens is 2. The number of fused-ring (bicyclic) bond motifs is 2. The van der Waals surface area contributed by atoms with Gasteiger partial charge in [0.2, 0.25) is 0 Å². The Morgan fingerprint density at radius 1 is 0.783 bits per heavy atom. The van der Waals surface area contributed by atoms with E-state index in [2.05, 4.69) is 10.2 Å². The van der Waals surface area contributed by atoms with Crippen molar-refractivity contribution in [3.05, 3.63) is 71.7 Å². The molecule has 0 bridgehead atoms. The van der Waals surface area contributed by atoms with Crippen LogP contribution in [-0.4, -0.2) is 10.2 Å². The summed E-state index contributed by atoms with van der Waals surface area (Å²) in [5.74, 6) is 1.72. The highest BCUT2D eigenvalue weighted by Crippen LogP contribution is 2.43. The Hall–Kier alpha value is -3.21. The van der Waals surface area contributed by atoms with Gasteiger partial charge in [0.15, 0.2) is 17.2 Å². The summed E-state index contributed by atoms with van der Waals surface area (Å²) in [6, 6.07) is 15.5. The van der Waals surface area contributed by atoms with Gasteiger partial charge in [0.05, 0.1) is 5.69 Å². The molecule has 0 amide bonds. The van der Waals surface area contributed by atoms with Crippen LogP contribution in [0.1, 0.15) is 11.3 Å². The second-order valence-corrected chi connectivity index (χ2v) is 4.94. The van der Waals surface area contributed by atoms with Crippen molar-refractivity contribution in [2.75, 3.05) is 0 Å². The topological polar surface area (TPSA) is 44.2 Å². The smallest absolute Gasteiger partial charge is 0.282 e. The van der Waals surface area contributed by atoms with Crippen LogP contribution in [0.3, 0.4) is 0 Å². The van der Waals surface area contributed by atoms with Crippen LogP contribution in [0.25, 0.3) is 12.2 Å². The maximum atomic E-state index is 13.6. The van der Waals surface area contributed by atoms with Crippen molar-refractivity contribution in [2.45, 2.75) is 0 Å². The largest absolute Gasteiger partial charge is 0.448 e. The molecule has 2 heterocycles. The number of benzene rings is 2. The second-order valence-electron chi connectivity index (χ2n) is 4.94. The summed E-state index contributed by atoms with van der Waals surface area (Å²) >= 11 is 0. The molecule has 3 aromatic rings. The molecule has 0 fully saturated rings. The molecule has 0 spiro atoms. The number of hydrogen-bond donors (Lipinski definition) is 0. The fourth-order valence-corrected chi connectivity index (χ4v) is 2.23. The molecule has 1 aliphatic heterocycles. The van der Waals surface area contributed by atoms with Gasteiger partial charge in [0.1, 0.15) is 5.82 Å². The van der Waals surface area contributed by atoms with Gasteiger partial charge in [-0.15, -0.1) is 10.2 Å². The molecule has 0 aliphatic carbocycles. The van der Waals surface area contributed by atoms with E-state index in [4.69, 9.17) is 9.47 Å². The molecule has 0 unspecified atom stereocenters. The quantitative estimate of drug-likeness (QED) is 0.539. The third-order valence-corrected chi connectivity index (χ3v) is 3.36. The Bertz CT molecular complexity index is 909. The van der Waals surface area contributed by atoms with E-state index in [-0.39, 0.29) is 5.82 Å². The highest BCUT2D eigenvalue weighted by atomic mass is 19.1. The van der Waals surface area contributed by atoms with Gasteiger partial charge in [-0.05, 0) is 30.4 Å². The fraction of sp³-hybridized carbons (Fsp3) is 0. The molecule has 4 rings (SSSR count). The Kier molecular flexibility index (Phi) is 3.24. The molecular formula is C18H11FN2O2. The number of ether oxygens (including phenoxy) is 2. The Balaban J connectivity index is 1.63. The van der Waals surface area contributed by atoms with Gasteiger partial charge in [-0.3, -0.25) is 0 Å². The van der Waals surface area contributed by atoms with Crippen LogP contribution in [-0.2, 0) is 0 Å². The van der Waals surface area contributed by atoms with Crippen LogP contribution in [0.4, 0.5) is 4.39 Å². The number of hydrogen-bond acceptors (Lipinski definition) is 4. The van der Waals surface area contributed by atoms with E-state index < -0.39 is 0 Å². The van der Waals surface area contributed by atoms with Gasteiger partial charge >= 0.3 is 0 Å². The Morgan fingerprint density at radius 2 is 1.52 bits per heavy atom. The van der Waals surface area contributed by atoms with E-state index >= 15 is 0 Å². The first-order chi connectivity index (χ1) is 11.3. The minimum atomic E-state index is -0.289. The summed E-state index contributed by atoms with van der Waals surface area (Å²) in [7, 11) is 0. The first-order valence-corrected chi connectivity index (χ1v) is 7.05. The lowest BCUT2D eigenvalue weighted by Gasteiger charge is -2.18. The summed E-state index contributed by atoms with van der Waals surface area (Å²) in [4.78, 5) is 0. The van der Waals surface area contributed by atoms with E-state index in [1.165, 1.54) is 6.07 Å². The summed E-state index contributed by atoms with van der Waals surface area (Å²) in [5, 5.41) is 8.06. The number of nitrogens with zero attached hydrogens (tertiary/aromatic N) is 2. The van der Waals surface area contributed by atoms with Crippen molar-refractivity contribution < 1.29 is 13.9 Å². The lowest BCUT2D eigenvalue weighted by atomic mass is 10.2. The molecule has 2 aromatic carbocycles. The van der Waals surface area contributed by atoms with E-state index in [1.807, 2.05) is 18.2 Å². The fourth-order valence-electron chi connectivity index (χ4n) is 2.23. The van der Waals surface area contributed by atoms with Gasteiger partial charge in [-0.25, -0.2) is 4.39 Å². The predicted octanol–water partition coefficient (Wildman–Crippen LogP) is 4.68. The predicted molar refractivity (Wildman–Crippen MR) is 84.0 cm³/mol. The maximum absolute atomic E-state index is 13.6.